The second-order valence-corrected chi connectivity index (χ2v) is 8.66. The van der Waals surface area contributed by atoms with Crippen molar-refractivity contribution in [3.8, 4) is 11.8 Å². The Morgan fingerprint density at radius 2 is 1.63 bits per heavy atom. The summed E-state index contributed by atoms with van der Waals surface area (Å²) in [5.74, 6) is -0.322. The van der Waals surface area contributed by atoms with Gasteiger partial charge in [0.1, 0.15) is 24.0 Å². The van der Waals surface area contributed by atoms with Crippen LogP contribution in [0.1, 0.15) is 36.6 Å². The van der Waals surface area contributed by atoms with E-state index in [-0.39, 0.29) is 5.57 Å². The molecule has 0 aliphatic carbocycles. The van der Waals surface area contributed by atoms with Gasteiger partial charge in [-0.05, 0) is 66.5 Å². The number of carbonyl (C=O) groups excluding carboxylic acids is 2. The summed E-state index contributed by atoms with van der Waals surface area (Å²) >= 11 is 5.92. The van der Waals surface area contributed by atoms with Crippen molar-refractivity contribution in [2.24, 2.45) is 0 Å². The summed E-state index contributed by atoms with van der Waals surface area (Å²) in [6.07, 6.45) is 1.70. The topological polar surface area (TPSA) is 70.4 Å². The molecule has 174 valence electrons. The number of hydrogen-bond donors (Lipinski definition) is 0. The molecule has 1 aliphatic rings. The van der Waals surface area contributed by atoms with Crippen LogP contribution in [0.15, 0.2) is 95.6 Å². The SMILES string of the molecule is CC1=C(C#N)C(=O)N(C(C)c2ccccc2)C(=O)/C1=C/c1ccc(OCc2ccc(Cl)cc2)cc1. The van der Waals surface area contributed by atoms with Crippen LogP contribution in [0, 0.1) is 11.3 Å². The van der Waals surface area contributed by atoms with Gasteiger partial charge in [-0.3, -0.25) is 14.5 Å². The molecule has 1 unspecified atom stereocenters. The number of rotatable bonds is 6. The van der Waals surface area contributed by atoms with Crippen LogP contribution < -0.4 is 4.74 Å². The maximum atomic E-state index is 13.4. The van der Waals surface area contributed by atoms with Crippen molar-refractivity contribution in [3.05, 3.63) is 117 Å². The Hall–Kier alpha value is -4.14. The molecule has 3 aromatic rings. The van der Waals surface area contributed by atoms with E-state index in [4.69, 9.17) is 16.3 Å². The summed E-state index contributed by atoms with van der Waals surface area (Å²) in [4.78, 5) is 27.6. The van der Waals surface area contributed by atoms with E-state index in [9.17, 15) is 14.9 Å². The van der Waals surface area contributed by atoms with Gasteiger partial charge in [-0.25, -0.2) is 0 Å². The lowest BCUT2D eigenvalue weighted by Gasteiger charge is -2.32. The first-order chi connectivity index (χ1) is 16.9. The molecule has 1 aliphatic heterocycles. The fourth-order valence-electron chi connectivity index (χ4n) is 3.91. The summed E-state index contributed by atoms with van der Waals surface area (Å²) < 4.78 is 5.83. The molecule has 1 heterocycles. The molecule has 1 atom stereocenters. The lowest BCUT2D eigenvalue weighted by atomic mass is 9.91. The summed E-state index contributed by atoms with van der Waals surface area (Å²) in [6, 6.07) is 25.5. The van der Waals surface area contributed by atoms with E-state index in [0.29, 0.717) is 28.5 Å². The van der Waals surface area contributed by atoms with E-state index >= 15 is 0 Å². The number of halogens is 1. The van der Waals surface area contributed by atoms with E-state index in [2.05, 4.69) is 0 Å². The van der Waals surface area contributed by atoms with Gasteiger partial charge in [-0.2, -0.15) is 5.26 Å². The maximum absolute atomic E-state index is 13.4. The minimum absolute atomic E-state index is 0.0263. The Morgan fingerprint density at radius 1 is 0.971 bits per heavy atom. The highest BCUT2D eigenvalue weighted by Crippen LogP contribution is 2.33. The Morgan fingerprint density at radius 3 is 2.26 bits per heavy atom. The van der Waals surface area contributed by atoms with Crippen molar-refractivity contribution in [2.75, 3.05) is 0 Å². The second-order valence-electron chi connectivity index (χ2n) is 8.22. The largest absolute Gasteiger partial charge is 0.489 e. The summed E-state index contributed by atoms with van der Waals surface area (Å²) in [5.41, 5.74) is 3.23. The quantitative estimate of drug-likeness (QED) is 0.306. The molecule has 0 saturated carbocycles. The van der Waals surface area contributed by atoms with Crippen LogP contribution in [0.5, 0.6) is 5.75 Å². The van der Waals surface area contributed by atoms with Gasteiger partial charge in [-0.15, -0.1) is 0 Å². The van der Waals surface area contributed by atoms with Crippen molar-refractivity contribution in [2.45, 2.75) is 26.5 Å². The van der Waals surface area contributed by atoms with Crippen molar-refractivity contribution in [1.29, 1.82) is 5.26 Å². The van der Waals surface area contributed by atoms with Crippen LogP contribution >= 0.6 is 11.6 Å². The lowest BCUT2D eigenvalue weighted by Crippen LogP contribution is -2.44. The van der Waals surface area contributed by atoms with Crippen molar-refractivity contribution < 1.29 is 14.3 Å². The highest BCUT2D eigenvalue weighted by Gasteiger charge is 2.38. The summed E-state index contributed by atoms with van der Waals surface area (Å²) in [5, 5.41) is 10.3. The molecule has 0 bridgehead atoms. The predicted octanol–water partition coefficient (Wildman–Crippen LogP) is 6.27. The number of amides is 2. The minimum Gasteiger partial charge on any atom is -0.489 e. The summed E-state index contributed by atoms with van der Waals surface area (Å²) in [6.45, 7) is 3.82. The van der Waals surface area contributed by atoms with Crippen LogP contribution in [0.25, 0.3) is 6.08 Å². The maximum Gasteiger partial charge on any atom is 0.272 e. The number of imide groups is 1. The van der Waals surface area contributed by atoms with E-state index < -0.39 is 17.9 Å². The van der Waals surface area contributed by atoms with Gasteiger partial charge in [0.05, 0.1) is 6.04 Å². The number of nitriles is 1. The fourth-order valence-corrected chi connectivity index (χ4v) is 4.03. The molecule has 0 saturated heterocycles. The smallest absolute Gasteiger partial charge is 0.272 e. The zero-order chi connectivity index (χ0) is 24.9. The Labute approximate surface area is 209 Å². The average molecular weight is 483 g/mol. The first-order valence-corrected chi connectivity index (χ1v) is 11.5. The number of carbonyl (C=O) groups is 2. The molecule has 35 heavy (non-hydrogen) atoms. The molecule has 2 amide bonds. The van der Waals surface area contributed by atoms with E-state index in [1.165, 1.54) is 0 Å². The monoisotopic (exact) mass is 482 g/mol. The molecule has 3 aromatic carbocycles. The number of ether oxygens (including phenoxy) is 1. The number of nitrogens with zero attached hydrogens (tertiary/aromatic N) is 2. The number of benzene rings is 3. The molecule has 4 rings (SSSR count). The molecule has 0 N–H and O–H groups in total. The lowest BCUT2D eigenvalue weighted by molar-refractivity contribution is -0.143. The molecular formula is C29H23ClN2O3. The first kappa shape index (κ1) is 24.0. The van der Waals surface area contributed by atoms with Gasteiger partial charge in [-0.1, -0.05) is 66.2 Å². The van der Waals surface area contributed by atoms with Gasteiger partial charge >= 0.3 is 0 Å². The molecule has 5 nitrogen and oxygen atoms in total. The van der Waals surface area contributed by atoms with Gasteiger partial charge in [0.15, 0.2) is 0 Å². The van der Waals surface area contributed by atoms with Crippen LogP contribution in [0.4, 0.5) is 0 Å². The number of hydrogen-bond acceptors (Lipinski definition) is 4. The summed E-state index contributed by atoms with van der Waals surface area (Å²) in [7, 11) is 0. The Bertz CT molecular complexity index is 1350. The van der Waals surface area contributed by atoms with E-state index in [0.717, 1.165) is 21.6 Å². The van der Waals surface area contributed by atoms with Crippen molar-refractivity contribution in [3.63, 3.8) is 0 Å². The third-order valence-electron chi connectivity index (χ3n) is 5.95. The predicted molar refractivity (Wildman–Crippen MR) is 135 cm³/mol. The standard InChI is InChI=1S/C29H23ClN2O3/c1-19-26(16-21-10-14-25(15-11-21)35-18-22-8-12-24(30)13-9-22)28(33)32(29(34)27(19)17-31)20(2)23-6-4-3-5-7-23/h3-16,20H,18H2,1-2H3/b26-16+. The van der Waals surface area contributed by atoms with E-state index in [1.807, 2.05) is 84.9 Å². The first-order valence-electron chi connectivity index (χ1n) is 11.1. The van der Waals surface area contributed by atoms with Gasteiger partial charge in [0, 0.05) is 10.6 Å². The zero-order valence-electron chi connectivity index (χ0n) is 19.4. The third kappa shape index (κ3) is 5.18. The van der Waals surface area contributed by atoms with Gasteiger partial charge < -0.3 is 4.74 Å². The van der Waals surface area contributed by atoms with Crippen LogP contribution in [-0.2, 0) is 16.2 Å². The van der Waals surface area contributed by atoms with Crippen LogP contribution in [0.2, 0.25) is 5.02 Å². The molecule has 0 radical (unpaired) electrons. The second kappa shape index (κ2) is 10.4. The van der Waals surface area contributed by atoms with Crippen molar-refractivity contribution in [1.82, 2.24) is 4.90 Å². The fraction of sp³-hybridized carbons (Fsp3) is 0.138. The van der Waals surface area contributed by atoms with Crippen LogP contribution in [-0.4, -0.2) is 16.7 Å². The van der Waals surface area contributed by atoms with Gasteiger partial charge in [0.25, 0.3) is 11.8 Å². The highest BCUT2D eigenvalue weighted by atomic mass is 35.5. The zero-order valence-corrected chi connectivity index (χ0v) is 20.1. The molecule has 0 aromatic heterocycles. The molecular weight excluding hydrogens is 460 g/mol. The van der Waals surface area contributed by atoms with Gasteiger partial charge in [0.2, 0.25) is 0 Å². The van der Waals surface area contributed by atoms with E-state index in [1.54, 1.807) is 19.9 Å². The third-order valence-corrected chi connectivity index (χ3v) is 6.20. The van der Waals surface area contributed by atoms with Crippen LogP contribution in [0.3, 0.4) is 0 Å². The average Bonchev–Trinajstić information content (AvgIpc) is 2.88. The molecule has 0 spiro atoms. The highest BCUT2D eigenvalue weighted by molar-refractivity contribution is 6.30. The normalized spacial score (nSPS) is 15.8. The minimum atomic E-state index is -0.575. The molecule has 0 fully saturated rings. The Kier molecular flexibility index (Phi) is 7.14. The molecule has 6 heteroatoms. The van der Waals surface area contributed by atoms with Crippen molar-refractivity contribution >= 4 is 29.5 Å². The Balaban J connectivity index is 1.59.